The summed E-state index contributed by atoms with van der Waals surface area (Å²) in [7, 11) is 0. The Hall–Kier alpha value is -2.86. The second-order valence-electron chi connectivity index (χ2n) is 7.54. The van der Waals surface area contributed by atoms with Crippen LogP contribution in [0.3, 0.4) is 0 Å². The standard InChI is InChI=1S/C23H27N3O3/c1-17-11-13-28-14-12-26(17)23(27)24-16-21-15-22(25-29-21)20-9-7-19(8-10-20)18-5-3-2-4-6-18/h2-10,17,21H,11-16H2,1H3,(H,24,27)/t17-,21+/m0/s1. The molecule has 0 saturated carbocycles. The van der Waals surface area contributed by atoms with E-state index < -0.39 is 0 Å². The Bertz CT molecular complexity index is 851. The molecule has 2 aromatic carbocycles. The van der Waals surface area contributed by atoms with Crippen molar-refractivity contribution in [3.05, 3.63) is 60.2 Å². The van der Waals surface area contributed by atoms with Crippen molar-refractivity contribution in [2.75, 3.05) is 26.3 Å². The molecule has 2 heterocycles. The van der Waals surface area contributed by atoms with Crippen LogP contribution in [-0.2, 0) is 9.57 Å². The van der Waals surface area contributed by atoms with Crippen LogP contribution in [0.5, 0.6) is 0 Å². The summed E-state index contributed by atoms with van der Waals surface area (Å²) < 4.78 is 5.46. The van der Waals surface area contributed by atoms with Crippen LogP contribution in [0.2, 0.25) is 0 Å². The van der Waals surface area contributed by atoms with Crippen LogP contribution >= 0.6 is 0 Å². The fourth-order valence-electron chi connectivity index (χ4n) is 3.69. The quantitative estimate of drug-likeness (QED) is 0.862. The molecule has 1 fully saturated rings. The second-order valence-corrected chi connectivity index (χ2v) is 7.54. The van der Waals surface area contributed by atoms with Crippen LogP contribution in [-0.4, -0.2) is 55.1 Å². The van der Waals surface area contributed by atoms with Crippen molar-refractivity contribution in [1.82, 2.24) is 10.2 Å². The van der Waals surface area contributed by atoms with Crippen LogP contribution in [0.15, 0.2) is 59.8 Å². The first-order valence-electron chi connectivity index (χ1n) is 10.2. The molecule has 6 nitrogen and oxygen atoms in total. The Morgan fingerprint density at radius 2 is 1.79 bits per heavy atom. The Balaban J connectivity index is 1.29. The average molecular weight is 393 g/mol. The minimum absolute atomic E-state index is 0.0627. The summed E-state index contributed by atoms with van der Waals surface area (Å²) in [5.41, 5.74) is 4.34. The van der Waals surface area contributed by atoms with Gasteiger partial charge in [-0.25, -0.2) is 4.79 Å². The maximum absolute atomic E-state index is 12.5. The van der Waals surface area contributed by atoms with Crippen LogP contribution in [0, 0.1) is 0 Å². The predicted molar refractivity (Wildman–Crippen MR) is 113 cm³/mol. The topological polar surface area (TPSA) is 63.2 Å². The van der Waals surface area contributed by atoms with Gasteiger partial charge in [0.25, 0.3) is 0 Å². The van der Waals surface area contributed by atoms with Crippen LogP contribution < -0.4 is 5.32 Å². The van der Waals surface area contributed by atoms with Gasteiger partial charge >= 0.3 is 6.03 Å². The molecule has 0 bridgehead atoms. The number of rotatable bonds is 4. The molecule has 1 saturated heterocycles. The normalized spacial score (nSPS) is 21.8. The minimum atomic E-state index is -0.138. The van der Waals surface area contributed by atoms with E-state index in [0.29, 0.717) is 32.7 Å². The molecule has 29 heavy (non-hydrogen) atoms. The predicted octanol–water partition coefficient (Wildman–Crippen LogP) is 3.67. The number of hydrogen-bond donors (Lipinski definition) is 1. The summed E-state index contributed by atoms with van der Waals surface area (Å²) >= 11 is 0. The summed E-state index contributed by atoms with van der Waals surface area (Å²) in [5.74, 6) is 0. The third-order valence-electron chi connectivity index (χ3n) is 5.49. The third-order valence-corrected chi connectivity index (χ3v) is 5.49. The van der Waals surface area contributed by atoms with Crippen molar-refractivity contribution in [3.63, 3.8) is 0 Å². The van der Waals surface area contributed by atoms with Crippen molar-refractivity contribution < 1.29 is 14.4 Å². The summed E-state index contributed by atoms with van der Waals surface area (Å²) in [6, 6.07) is 18.8. The number of amides is 2. The lowest BCUT2D eigenvalue weighted by Gasteiger charge is -2.27. The molecule has 152 valence electrons. The lowest BCUT2D eigenvalue weighted by molar-refractivity contribution is 0.0839. The Labute approximate surface area is 171 Å². The molecule has 1 N–H and O–H groups in total. The molecule has 0 unspecified atom stereocenters. The van der Waals surface area contributed by atoms with Gasteiger partial charge in [0, 0.05) is 25.6 Å². The fourth-order valence-corrected chi connectivity index (χ4v) is 3.69. The molecule has 2 aromatic rings. The van der Waals surface area contributed by atoms with Gasteiger partial charge in [0.05, 0.1) is 18.9 Å². The zero-order chi connectivity index (χ0) is 20.1. The highest BCUT2D eigenvalue weighted by Crippen LogP contribution is 2.22. The van der Waals surface area contributed by atoms with E-state index in [4.69, 9.17) is 9.57 Å². The zero-order valence-electron chi connectivity index (χ0n) is 16.7. The molecule has 0 spiro atoms. The van der Waals surface area contributed by atoms with Gasteiger partial charge in [-0.2, -0.15) is 0 Å². The van der Waals surface area contributed by atoms with Gasteiger partial charge in [0.2, 0.25) is 0 Å². The first kappa shape index (κ1) is 19.5. The fraction of sp³-hybridized carbons (Fsp3) is 0.391. The van der Waals surface area contributed by atoms with E-state index >= 15 is 0 Å². The van der Waals surface area contributed by atoms with Crippen molar-refractivity contribution in [3.8, 4) is 11.1 Å². The van der Waals surface area contributed by atoms with Gasteiger partial charge < -0.3 is 19.8 Å². The number of oxime groups is 1. The van der Waals surface area contributed by atoms with E-state index in [0.717, 1.165) is 17.7 Å². The number of ether oxygens (including phenoxy) is 1. The highest BCUT2D eigenvalue weighted by molar-refractivity contribution is 6.01. The number of carbonyl (C=O) groups excluding carboxylic acids is 1. The minimum Gasteiger partial charge on any atom is -0.390 e. The molecule has 6 heteroatoms. The van der Waals surface area contributed by atoms with Gasteiger partial charge in [0.1, 0.15) is 0 Å². The number of urea groups is 1. The van der Waals surface area contributed by atoms with E-state index in [2.05, 4.69) is 53.8 Å². The van der Waals surface area contributed by atoms with Crippen molar-refractivity contribution in [1.29, 1.82) is 0 Å². The first-order valence-corrected chi connectivity index (χ1v) is 10.2. The van der Waals surface area contributed by atoms with Crippen molar-refractivity contribution >= 4 is 11.7 Å². The van der Waals surface area contributed by atoms with Gasteiger partial charge in [-0.15, -0.1) is 0 Å². The molecular weight excluding hydrogens is 366 g/mol. The number of nitrogens with one attached hydrogen (secondary N) is 1. The molecular formula is C23H27N3O3. The maximum atomic E-state index is 12.5. The van der Waals surface area contributed by atoms with Crippen molar-refractivity contribution in [2.45, 2.75) is 31.9 Å². The molecule has 0 radical (unpaired) electrons. The molecule has 2 aliphatic heterocycles. The van der Waals surface area contributed by atoms with Crippen LogP contribution in [0.25, 0.3) is 11.1 Å². The molecule has 2 aliphatic rings. The van der Waals surface area contributed by atoms with E-state index in [1.165, 1.54) is 11.1 Å². The lowest BCUT2D eigenvalue weighted by Crippen LogP contribution is -2.47. The number of hydrogen-bond acceptors (Lipinski definition) is 4. The molecule has 2 atom stereocenters. The largest absolute Gasteiger partial charge is 0.390 e. The number of benzene rings is 2. The van der Waals surface area contributed by atoms with E-state index in [-0.39, 0.29) is 18.2 Å². The zero-order valence-corrected chi connectivity index (χ0v) is 16.7. The highest BCUT2D eigenvalue weighted by Gasteiger charge is 2.26. The summed E-state index contributed by atoms with van der Waals surface area (Å²) in [6.45, 7) is 4.41. The monoisotopic (exact) mass is 393 g/mol. The molecule has 0 aromatic heterocycles. The van der Waals surface area contributed by atoms with E-state index in [9.17, 15) is 4.79 Å². The SMILES string of the molecule is C[C@H]1CCOCCN1C(=O)NC[C@H]1CC(c2ccc(-c3ccccc3)cc2)=NO1. The van der Waals surface area contributed by atoms with Crippen molar-refractivity contribution in [2.24, 2.45) is 5.16 Å². The summed E-state index contributed by atoms with van der Waals surface area (Å²) in [6.07, 6.45) is 1.41. The number of carbonyl (C=O) groups is 1. The van der Waals surface area contributed by atoms with Gasteiger partial charge in [-0.1, -0.05) is 59.8 Å². The average Bonchev–Trinajstić information content (AvgIpc) is 3.14. The Morgan fingerprint density at radius 3 is 2.59 bits per heavy atom. The Kier molecular flexibility index (Phi) is 6.10. The summed E-state index contributed by atoms with van der Waals surface area (Å²) in [4.78, 5) is 19.9. The van der Waals surface area contributed by atoms with Gasteiger partial charge in [-0.3, -0.25) is 0 Å². The molecule has 0 aliphatic carbocycles. The van der Waals surface area contributed by atoms with Gasteiger partial charge in [0.15, 0.2) is 6.10 Å². The third kappa shape index (κ3) is 4.77. The van der Waals surface area contributed by atoms with Crippen LogP contribution in [0.1, 0.15) is 25.3 Å². The lowest BCUT2D eigenvalue weighted by atomic mass is 10.0. The molecule has 2 amide bonds. The number of nitrogens with zero attached hydrogens (tertiary/aromatic N) is 2. The highest BCUT2D eigenvalue weighted by atomic mass is 16.6. The first-order chi connectivity index (χ1) is 14.2. The van der Waals surface area contributed by atoms with Gasteiger partial charge in [-0.05, 0) is 30.0 Å². The second kappa shape index (κ2) is 9.09. The maximum Gasteiger partial charge on any atom is 0.317 e. The smallest absolute Gasteiger partial charge is 0.317 e. The Morgan fingerprint density at radius 1 is 1.07 bits per heavy atom. The summed E-state index contributed by atoms with van der Waals surface area (Å²) in [5, 5.41) is 7.23. The molecule has 4 rings (SSSR count). The van der Waals surface area contributed by atoms with E-state index in [1.54, 1.807) is 0 Å². The van der Waals surface area contributed by atoms with Crippen LogP contribution in [0.4, 0.5) is 4.79 Å². The van der Waals surface area contributed by atoms with E-state index in [1.807, 2.05) is 23.1 Å².